The first-order valence-corrected chi connectivity index (χ1v) is 9.59. The molecule has 7 heteroatoms. The summed E-state index contributed by atoms with van der Waals surface area (Å²) in [7, 11) is 0. The molecule has 2 heterocycles. The first-order chi connectivity index (χ1) is 14.7. The number of carbonyl (C=O) groups excluding carboxylic acids is 1. The zero-order valence-corrected chi connectivity index (χ0v) is 16.2. The third kappa shape index (κ3) is 4.42. The van der Waals surface area contributed by atoms with E-state index in [1.165, 1.54) is 0 Å². The summed E-state index contributed by atoms with van der Waals surface area (Å²) in [6.07, 6.45) is 5.26. The molecule has 0 aliphatic rings. The molecule has 0 unspecified atom stereocenters. The highest BCUT2D eigenvalue weighted by Crippen LogP contribution is 2.17. The summed E-state index contributed by atoms with van der Waals surface area (Å²) in [5.41, 5.74) is 3.79. The van der Waals surface area contributed by atoms with Crippen molar-refractivity contribution in [3.63, 3.8) is 0 Å². The van der Waals surface area contributed by atoms with E-state index in [9.17, 15) is 9.90 Å². The summed E-state index contributed by atoms with van der Waals surface area (Å²) in [6, 6.07) is 20.0. The van der Waals surface area contributed by atoms with Crippen molar-refractivity contribution in [2.45, 2.75) is 12.6 Å². The number of hydrogen-bond donors (Lipinski definition) is 2. The molecule has 30 heavy (non-hydrogen) atoms. The fraction of sp³-hybridized carbons (Fsp3) is 0.130. The van der Waals surface area contributed by atoms with Crippen LogP contribution in [0.1, 0.15) is 27.5 Å². The standard InChI is InChI=1S/C23H21N5O2/c29-16-22(17-7-2-1-3-8-17)25-23(30)20-11-5-4-9-19(20)14-28-15-21(26-27-28)18-10-6-12-24-13-18/h1-13,15,22,29H,14,16H2,(H,25,30)/t22-/m0/s1. The second-order valence-electron chi connectivity index (χ2n) is 6.82. The Morgan fingerprint density at radius 3 is 2.60 bits per heavy atom. The van der Waals surface area contributed by atoms with Crippen LogP contribution < -0.4 is 5.32 Å². The lowest BCUT2D eigenvalue weighted by molar-refractivity contribution is 0.0915. The summed E-state index contributed by atoms with van der Waals surface area (Å²) in [5.74, 6) is -0.249. The molecule has 1 amide bonds. The van der Waals surface area contributed by atoms with E-state index in [4.69, 9.17) is 0 Å². The normalized spacial score (nSPS) is 11.8. The van der Waals surface area contributed by atoms with Gasteiger partial charge in [0, 0.05) is 23.5 Å². The fourth-order valence-corrected chi connectivity index (χ4v) is 3.23. The average Bonchev–Trinajstić information content (AvgIpc) is 3.27. The van der Waals surface area contributed by atoms with Gasteiger partial charge in [-0.3, -0.25) is 9.78 Å². The number of amides is 1. The van der Waals surface area contributed by atoms with Crippen LogP contribution in [0.25, 0.3) is 11.3 Å². The Bertz CT molecular complexity index is 1110. The highest BCUT2D eigenvalue weighted by Gasteiger charge is 2.17. The van der Waals surface area contributed by atoms with Crippen molar-refractivity contribution in [1.82, 2.24) is 25.3 Å². The van der Waals surface area contributed by atoms with Crippen LogP contribution in [0.4, 0.5) is 0 Å². The molecular weight excluding hydrogens is 378 g/mol. The maximum atomic E-state index is 12.9. The Morgan fingerprint density at radius 2 is 1.83 bits per heavy atom. The molecule has 2 N–H and O–H groups in total. The highest BCUT2D eigenvalue weighted by atomic mass is 16.3. The van der Waals surface area contributed by atoms with Gasteiger partial charge in [0.1, 0.15) is 5.69 Å². The molecule has 0 saturated carbocycles. The Balaban J connectivity index is 1.53. The van der Waals surface area contributed by atoms with Gasteiger partial charge in [0.25, 0.3) is 5.91 Å². The number of aliphatic hydroxyl groups excluding tert-OH is 1. The molecule has 2 aromatic heterocycles. The van der Waals surface area contributed by atoms with Crippen molar-refractivity contribution in [3.8, 4) is 11.3 Å². The summed E-state index contributed by atoms with van der Waals surface area (Å²) in [5, 5.41) is 21.0. The molecule has 7 nitrogen and oxygen atoms in total. The van der Waals surface area contributed by atoms with Gasteiger partial charge >= 0.3 is 0 Å². The third-order valence-corrected chi connectivity index (χ3v) is 4.78. The summed E-state index contributed by atoms with van der Waals surface area (Å²) in [4.78, 5) is 17.1. The first-order valence-electron chi connectivity index (χ1n) is 9.59. The molecule has 0 spiro atoms. The second kappa shape index (κ2) is 9.11. The molecule has 1 atom stereocenters. The zero-order valence-electron chi connectivity index (χ0n) is 16.2. The second-order valence-corrected chi connectivity index (χ2v) is 6.82. The van der Waals surface area contributed by atoms with Crippen molar-refractivity contribution in [2.24, 2.45) is 0 Å². The number of aromatic nitrogens is 4. The third-order valence-electron chi connectivity index (χ3n) is 4.78. The van der Waals surface area contributed by atoms with Crippen molar-refractivity contribution >= 4 is 5.91 Å². The topological polar surface area (TPSA) is 92.9 Å². The number of nitrogens with one attached hydrogen (secondary N) is 1. The van der Waals surface area contributed by atoms with Gasteiger partial charge in [-0.15, -0.1) is 5.10 Å². The lowest BCUT2D eigenvalue weighted by Crippen LogP contribution is -2.31. The van der Waals surface area contributed by atoms with Crippen LogP contribution in [0.3, 0.4) is 0 Å². The molecule has 0 aliphatic carbocycles. The van der Waals surface area contributed by atoms with Crippen LogP contribution in [0, 0.1) is 0 Å². The predicted octanol–water partition coefficient (Wildman–Crippen LogP) is 2.85. The van der Waals surface area contributed by atoms with E-state index in [2.05, 4.69) is 20.6 Å². The molecule has 0 radical (unpaired) electrons. The number of benzene rings is 2. The van der Waals surface area contributed by atoms with Crippen LogP contribution >= 0.6 is 0 Å². The minimum absolute atomic E-state index is 0.185. The van der Waals surface area contributed by atoms with Crippen LogP contribution in [-0.4, -0.2) is 37.6 Å². The number of pyridine rings is 1. The zero-order chi connectivity index (χ0) is 20.8. The summed E-state index contributed by atoms with van der Waals surface area (Å²) < 4.78 is 1.69. The van der Waals surface area contributed by atoms with Gasteiger partial charge in [-0.1, -0.05) is 53.7 Å². The van der Waals surface area contributed by atoms with Crippen LogP contribution in [-0.2, 0) is 6.54 Å². The SMILES string of the molecule is O=C(N[C@@H](CO)c1ccccc1)c1ccccc1Cn1cc(-c2cccnc2)nn1. The molecule has 0 fully saturated rings. The largest absolute Gasteiger partial charge is 0.394 e. The molecule has 0 aliphatic heterocycles. The van der Waals surface area contributed by atoms with Gasteiger partial charge in [-0.25, -0.2) is 4.68 Å². The van der Waals surface area contributed by atoms with Crippen LogP contribution in [0.2, 0.25) is 0 Å². The molecular formula is C23H21N5O2. The smallest absolute Gasteiger partial charge is 0.252 e. The fourth-order valence-electron chi connectivity index (χ4n) is 3.23. The number of carbonyl (C=O) groups is 1. The van der Waals surface area contributed by atoms with Crippen molar-refractivity contribution in [1.29, 1.82) is 0 Å². The predicted molar refractivity (Wildman–Crippen MR) is 113 cm³/mol. The number of rotatable bonds is 7. The van der Waals surface area contributed by atoms with E-state index in [0.717, 1.165) is 22.4 Å². The van der Waals surface area contributed by atoms with Crippen molar-refractivity contribution < 1.29 is 9.90 Å². The van der Waals surface area contributed by atoms with E-state index in [1.807, 2.05) is 66.9 Å². The monoisotopic (exact) mass is 399 g/mol. The summed E-state index contributed by atoms with van der Waals surface area (Å²) >= 11 is 0. The van der Waals surface area contributed by atoms with Gasteiger partial charge in [-0.05, 0) is 29.3 Å². The summed E-state index contributed by atoms with van der Waals surface area (Å²) in [6.45, 7) is 0.210. The molecule has 4 aromatic rings. The Kier molecular flexibility index (Phi) is 5.91. The Hall–Kier alpha value is -3.84. The van der Waals surface area contributed by atoms with Crippen LogP contribution in [0.5, 0.6) is 0 Å². The minimum atomic E-state index is -0.477. The Morgan fingerprint density at radius 1 is 1.03 bits per heavy atom. The average molecular weight is 399 g/mol. The highest BCUT2D eigenvalue weighted by molar-refractivity contribution is 5.96. The lowest BCUT2D eigenvalue weighted by Gasteiger charge is -2.18. The number of nitrogens with zero attached hydrogens (tertiary/aromatic N) is 4. The van der Waals surface area contributed by atoms with Crippen LogP contribution in [0.15, 0.2) is 85.3 Å². The molecule has 4 rings (SSSR count). The number of hydrogen-bond acceptors (Lipinski definition) is 5. The first kappa shape index (κ1) is 19.5. The van der Waals surface area contributed by atoms with Crippen molar-refractivity contribution in [2.75, 3.05) is 6.61 Å². The van der Waals surface area contributed by atoms with Crippen molar-refractivity contribution in [3.05, 3.63) is 102 Å². The van der Waals surface area contributed by atoms with Gasteiger partial charge in [-0.2, -0.15) is 0 Å². The maximum absolute atomic E-state index is 12.9. The van der Waals surface area contributed by atoms with E-state index in [-0.39, 0.29) is 12.5 Å². The van der Waals surface area contributed by atoms with Gasteiger partial charge in [0.15, 0.2) is 0 Å². The van der Waals surface area contributed by atoms with Gasteiger partial charge < -0.3 is 10.4 Å². The minimum Gasteiger partial charge on any atom is -0.394 e. The lowest BCUT2D eigenvalue weighted by atomic mass is 10.0. The molecule has 2 aromatic carbocycles. The van der Waals surface area contributed by atoms with E-state index in [0.29, 0.717) is 12.1 Å². The van der Waals surface area contributed by atoms with Gasteiger partial charge in [0.05, 0.1) is 25.4 Å². The van der Waals surface area contributed by atoms with E-state index >= 15 is 0 Å². The maximum Gasteiger partial charge on any atom is 0.252 e. The molecule has 150 valence electrons. The Labute approximate surface area is 174 Å². The number of aliphatic hydroxyl groups is 1. The quantitative estimate of drug-likeness (QED) is 0.498. The van der Waals surface area contributed by atoms with E-state index in [1.54, 1.807) is 23.1 Å². The van der Waals surface area contributed by atoms with E-state index < -0.39 is 6.04 Å². The van der Waals surface area contributed by atoms with Gasteiger partial charge in [0.2, 0.25) is 0 Å². The molecule has 0 bridgehead atoms. The molecule has 0 saturated heterocycles.